The highest BCUT2D eigenvalue weighted by Gasteiger charge is 2.31. The number of allylic oxidation sites excluding steroid dienone is 7. The molecule has 4 atom stereocenters. The van der Waals surface area contributed by atoms with Crippen LogP contribution in [0, 0.1) is 11.8 Å². The van der Waals surface area contributed by atoms with E-state index in [9.17, 15) is 0 Å². The molecular formula is C36H28N2O2P2. The van der Waals surface area contributed by atoms with Gasteiger partial charge in [0.05, 0.1) is 11.0 Å². The Bertz CT molecular complexity index is 2080. The molecule has 2 heterocycles. The van der Waals surface area contributed by atoms with Crippen molar-refractivity contribution in [1.82, 2.24) is 8.68 Å². The number of aromatic nitrogens is 2. The summed E-state index contributed by atoms with van der Waals surface area (Å²) in [5.74, 6) is 2.16. The highest BCUT2D eigenvalue weighted by molar-refractivity contribution is 7.31. The first-order chi connectivity index (χ1) is 20.8. The van der Waals surface area contributed by atoms with Gasteiger partial charge >= 0.3 is 0 Å². The smallest absolute Gasteiger partial charge is 0.181 e. The maximum atomic E-state index is 6.73. The normalized spacial score (nSPS) is 18.4. The van der Waals surface area contributed by atoms with Crippen LogP contribution < -0.4 is 4.52 Å². The molecule has 0 spiro atoms. The van der Waals surface area contributed by atoms with Gasteiger partial charge in [-0.05, 0) is 58.0 Å². The minimum absolute atomic E-state index is 0.107. The zero-order chi connectivity index (χ0) is 27.9. The van der Waals surface area contributed by atoms with Gasteiger partial charge in [-0.25, -0.2) is 0 Å². The molecule has 4 unspecified atom stereocenters. The second kappa shape index (κ2) is 10.8. The van der Waals surface area contributed by atoms with E-state index in [1.54, 1.807) is 0 Å². The van der Waals surface area contributed by atoms with Crippen molar-refractivity contribution in [3.63, 3.8) is 0 Å². The van der Waals surface area contributed by atoms with Crippen molar-refractivity contribution < 1.29 is 9.05 Å². The molecule has 4 nitrogen and oxygen atoms in total. The monoisotopic (exact) mass is 582 g/mol. The van der Waals surface area contributed by atoms with Crippen LogP contribution in [0.5, 0.6) is 5.75 Å². The van der Waals surface area contributed by atoms with Gasteiger partial charge in [0.2, 0.25) is 0 Å². The Morgan fingerprint density at radius 2 is 1.21 bits per heavy atom. The second-order valence-electron chi connectivity index (χ2n) is 10.5. The highest BCUT2D eigenvalue weighted by Crippen LogP contribution is 2.48. The van der Waals surface area contributed by atoms with Crippen molar-refractivity contribution in [2.75, 3.05) is 0 Å². The van der Waals surface area contributed by atoms with Gasteiger partial charge in [0.15, 0.2) is 17.9 Å². The van der Waals surface area contributed by atoms with Crippen LogP contribution in [0.4, 0.5) is 0 Å². The fourth-order valence-electron chi connectivity index (χ4n) is 6.06. The Hall–Kier alpha value is -4.36. The van der Waals surface area contributed by atoms with E-state index < -0.39 is 0 Å². The van der Waals surface area contributed by atoms with Crippen LogP contribution in [0.25, 0.3) is 38.2 Å². The fraction of sp³-hybridized carbons (Fsp3) is 0.0556. The molecule has 0 saturated heterocycles. The summed E-state index contributed by atoms with van der Waals surface area (Å²) in [6, 6.07) is 34.0. The molecule has 2 aliphatic carbocycles. The van der Waals surface area contributed by atoms with Crippen LogP contribution in [0.15, 0.2) is 152 Å². The van der Waals surface area contributed by atoms with Crippen LogP contribution in [-0.4, -0.2) is 8.68 Å². The summed E-state index contributed by atoms with van der Waals surface area (Å²) in [5, 5.41) is 4.77. The molecule has 6 aromatic rings. The Morgan fingerprint density at radius 3 is 1.98 bits per heavy atom. The quantitative estimate of drug-likeness (QED) is 0.175. The first-order valence-electron chi connectivity index (χ1n) is 14.1. The lowest BCUT2D eigenvalue weighted by Crippen LogP contribution is -2.18. The first-order valence-corrected chi connectivity index (χ1v) is 15.8. The number of fused-ring (bicyclic) bond motifs is 4. The Labute approximate surface area is 248 Å². The molecule has 0 amide bonds. The van der Waals surface area contributed by atoms with E-state index >= 15 is 0 Å². The molecule has 0 N–H and O–H groups in total. The molecule has 0 saturated carbocycles. The Kier molecular flexibility index (Phi) is 6.52. The third-order valence-corrected chi connectivity index (χ3v) is 9.91. The van der Waals surface area contributed by atoms with E-state index in [1.165, 1.54) is 38.2 Å². The molecule has 42 heavy (non-hydrogen) atoms. The highest BCUT2D eigenvalue weighted by atomic mass is 31.1. The van der Waals surface area contributed by atoms with Gasteiger partial charge < -0.3 is 9.05 Å². The number of nitrogens with zero attached hydrogens (tertiary/aromatic N) is 2. The maximum absolute atomic E-state index is 6.73. The first kappa shape index (κ1) is 25.4. The number of benzene rings is 4. The molecule has 0 aliphatic heterocycles. The molecule has 8 rings (SSSR count). The number of hydrogen-bond acceptors (Lipinski definition) is 2. The summed E-state index contributed by atoms with van der Waals surface area (Å²) in [6.07, 6.45) is 17.5. The minimum Gasteiger partial charge on any atom is -0.455 e. The van der Waals surface area contributed by atoms with E-state index in [2.05, 4.69) is 155 Å². The van der Waals surface area contributed by atoms with E-state index in [1.807, 2.05) is 0 Å². The Morgan fingerprint density at radius 1 is 0.571 bits per heavy atom. The number of rotatable bonds is 7. The van der Waals surface area contributed by atoms with E-state index in [4.69, 9.17) is 9.05 Å². The van der Waals surface area contributed by atoms with Crippen molar-refractivity contribution in [3.8, 4) is 5.75 Å². The molecule has 4 aromatic carbocycles. The van der Waals surface area contributed by atoms with Gasteiger partial charge in [0.1, 0.15) is 11.5 Å². The minimum atomic E-state index is 0.107. The lowest BCUT2D eigenvalue weighted by Gasteiger charge is -2.31. The summed E-state index contributed by atoms with van der Waals surface area (Å²) in [5.41, 5.74) is 4.61. The molecule has 204 valence electrons. The predicted molar refractivity (Wildman–Crippen MR) is 178 cm³/mol. The Balaban J connectivity index is 1.25. The van der Waals surface area contributed by atoms with Crippen molar-refractivity contribution in [2.45, 2.75) is 0 Å². The predicted octanol–water partition coefficient (Wildman–Crippen LogP) is 9.90. The van der Waals surface area contributed by atoms with Gasteiger partial charge in [-0.3, -0.25) is 8.68 Å². The maximum Gasteiger partial charge on any atom is 0.181 e. The van der Waals surface area contributed by atoms with E-state index in [-0.39, 0.29) is 29.8 Å². The molecular weight excluding hydrogens is 554 g/mol. The van der Waals surface area contributed by atoms with Gasteiger partial charge in [-0.1, -0.05) is 97.1 Å². The van der Waals surface area contributed by atoms with Crippen molar-refractivity contribution >= 4 is 56.1 Å². The summed E-state index contributed by atoms with van der Waals surface area (Å²) < 4.78 is 17.8. The third-order valence-electron chi connectivity index (χ3n) is 8.11. The van der Waals surface area contributed by atoms with Crippen LogP contribution >= 0.6 is 17.9 Å². The van der Waals surface area contributed by atoms with Crippen LogP contribution in [0.2, 0.25) is 0 Å². The summed E-state index contributed by atoms with van der Waals surface area (Å²) >= 11 is 0. The third kappa shape index (κ3) is 4.49. The average Bonchev–Trinajstić information content (AvgIpc) is 3.66. The van der Waals surface area contributed by atoms with E-state index in [0.29, 0.717) is 0 Å². The van der Waals surface area contributed by atoms with Crippen LogP contribution in [0.1, 0.15) is 5.56 Å². The van der Waals surface area contributed by atoms with Crippen molar-refractivity contribution in [2.24, 2.45) is 11.8 Å². The van der Waals surface area contributed by atoms with Gasteiger partial charge in [-0.15, -0.1) is 0 Å². The summed E-state index contributed by atoms with van der Waals surface area (Å²) in [4.78, 5) is 0. The summed E-state index contributed by atoms with van der Waals surface area (Å²) in [7, 11) is 0.222. The zero-order valence-electron chi connectivity index (χ0n) is 22.7. The van der Waals surface area contributed by atoms with Crippen LogP contribution in [0.3, 0.4) is 0 Å². The molecule has 0 fully saturated rings. The lowest BCUT2D eigenvalue weighted by atomic mass is 9.75. The van der Waals surface area contributed by atoms with Crippen LogP contribution in [-0.2, 0) is 4.52 Å². The number of hydrogen-bond donors (Lipinski definition) is 0. The molecule has 2 aromatic heterocycles. The molecule has 6 heteroatoms. The fourth-order valence-corrected chi connectivity index (χ4v) is 7.68. The molecule has 0 radical (unpaired) electrons. The molecule has 0 bridgehead atoms. The SMILES string of the molecule is C1=CC2C=CC(OPn3ccc4ccccc43)=C(c3c(OPn4ccc5ccccc54)ccc4ccccc34)C2C=C1. The number of para-hydroxylation sites is 2. The average molecular weight is 583 g/mol. The van der Waals surface area contributed by atoms with Crippen molar-refractivity contribution in [3.05, 3.63) is 157 Å². The lowest BCUT2D eigenvalue weighted by molar-refractivity contribution is 0.486. The van der Waals surface area contributed by atoms with Gasteiger partial charge in [0.25, 0.3) is 0 Å². The largest absolute Gasteiger partial charge is 0.455 e. The summed E-state index contributed by atoms with van der Waals surface area (Å²) in [6.45, 7) is 0. The topological polar surface area (TPSA) is 28.3 Å². The second-order valence-corrected chi connectivity index (χ2v) is 12.3. The standard InChI is InChI=1S/C36H28N2O2P2/c1-5-13-29-25(9-1)17-19-33(39-41-37-23-21-27-11-3-7-15-31(27)37)35(29)36-30-14-6-2-10-26(30)18-20-34(36)40-42-38-24-22-28-12-4-8-16-32(28)38/h1-25,29,41-42H. The van der Waals surface area contributed by atoms with E-state index in [0.717, 1.165) is 17.1 Å². The van der Waals surface area contributed by atoms with Gasteiger partial charge in [0, 0.05) is 35.4 Å². The van der Waals surface area contributed by atoms with Gasteiger partial charge in [-0.2, -0.15) is 0 Å². The molecule has 2 aliphatic rings. The zero-order valence-corrected chi connectivity index (χ0v) is 24.7. The van der Waals surface area contributed by atoms with Crippen molar-refractivity contribution in [1.29, 1.82) is 0 Å².